The summed E-state index contributed by atoms with van der Waals surface area (Å²) in [6.45, 7) is 1.96. The van der Waals surface area contributed by atoms with Crippen molar-refractivity contribution >= 4 is 11.7 Å². The number of carbonyl (C=O) groups is 1. The number of halogens is 1. The average molecular weight is 340 g/mol. The number of aromatic amines is 1. The van der Waals surface area contributed by atoms with E-state index >= 15 is 0 Å². The number of anilines is 1. The van der Waals surface area contributed by atoms with Crippen LogP contribution in [0.5, 0.6) is 5.75 Å². The first-order valence-corrected chi connectivity index (χ1v) is 7.77. The van der Waals surface area contributed by atoms with Crippen molar-refractivity contribution in [2.24, 2.45) is 0 Å². The van der Waals surface area contributed by atoms with Crippen LogP contribution in [0.1, 0.15) is 22.8 Å². The van der Waals surface area contributed by atoms with Crippen LogP contribution in [-0.2, 0) is 6.42 Å². The summed E-state index contributed by atoms with van der Waals surface area (Å²) < 4.78 is 19.2. The van der Waals surface area contributed by atoms with Gasteiger partial charge in [-0.25, -0.2) is 4.39 Å². The zero-order valence-electron chi connectivity index (χ0n) is 13.8. The molecule has 0 saturated carbocycles. The predicted molar refractivity (Wildman–Crippen MR) is 92.1 cm³/mol. The molecule has 0 radical (unpaired) electrons. The summed E-state index contributed by atoms with van der Waals surface area (Å²) in [5.74, 6) is -0.895. The van der Waals surface area contributed by atoms with E-state index in [4.69, 9.17) is 4.74 Å². The van der Waals surface area contributed by atoms with Gasteiger partial charge in [0, 0.05) is 23.5 Å². The van der Waals surface area contributed by atoms with Crippen LogP contribution >= 0.6 is 0 Å². The van der Waals surface area contributed by atoms with Gasteiger partial charge in [0.1, 0.15) is 0 Å². The van der Waals surface area contributed by atoms with Crippen molar-refractivity contribution in [1.82, 2.24) is 15.2 Å². The van der Waals surface area contributed by atoms with Gasteiger partial charge in [-0.1, -0.05) is 13.0 Å². The van der Waals surface area contributed by atoms with E-state index in [0.29, 0.717) is 12.2 Å². The molecule has 1 amide bonds. The van der Waals surface area contributed by atoms with E-state index < -0.39 is 11.7 Å². The van der Waals surface area contributed by atoms with Crippen LogP contribution in [0.25, 0.3) is 11.3 Å². The third kappa shape index (κ3) is 3.21. The van der Waals surface area contributed by atoms with Crippen LogP contribution in [0.3, 0.4) is 0 Å². The van der Waals surface area contributed by atoms with E-state index in [1.54, 1.807) is 18.5 Å². The summed E-state index contributed by atoms with van der Waals surface area (Å²) in [6.07, 6.45) is 4.00. The fraction of sp³-hybridized carbons (Fsp3) is 0.167. The fourth-order valence-corrected chi connectivity index (χ4v) is 2.59. The van der Waals surface area contributed by atoms with E-state index in [-0.39, 0.29) is 11.3 Å². The number of methoxy groups -OCH3 is 1. The number of rotatable bonds is 5. The summed E-state index contributed by atoms with van der Waals surface area (Å²) in [4.78, 5) is 16.4. The molecule has 3 rings (SSSR count). The topological polar surface area (TPSA) is 79.9 Å². The van der Waals surface area contributed by atoms with Crippen LogP contribution in [0.2, 0.25) is 0 Å². The molecule has 0 aliphatic heterocycles. The Kier molecular flexibility index (Phi) is 4.74. The first kappa shape index (κ1) is 16.6. The Labute approximate surface area is 144 Å². The minimum atomic E-state index is -0.703. The molecule has 0 unspecified atom stereocenters. The van der Waals surface area contributed by atoms with E-state index in [0.717, 1.165) is 16.8 Å². The van der Waals surface area contributed by atoms with Crippen molar-refractivity contribution < 1.29 is 13.9 Å². The molecule has 2 heterocycles. The molecule has 1 aromatic carbocycles. The first-order chi connectivity index (χ1) is 12.2. The van der Waals surface area contributed by atoms with Crippen molar-refractivity contribution in [3.05, 3.63) is 59.7 Å². The van der Waals surface area contributed by atoms with E-state index in [1.807, 2.05) is 19.1 Å². The molecule has 0 fully saturated rings. The van der Waals surface area contributed by atoms with Crippen molar-refractivity contribution in [2.75, 3.05) is 12.4 Å². The van der Waals surface area contributed by atoms with Crippen molar-refractivity contribution in [3.8, 4) is 17.0 Å². The SMILES string of the molecule is CCc1c(NC(=O)c2cccc(OC)c2F)n[nH]c1-c1ccncc1. The summed E-state index contributed by atoms with van der Waals surface area (Å²) in [6, 6.07) is 8.11. The van der Waals surface area contributed by atoms with Gasteiger partial charge in [0.2, 0.25) is 0 Å². The number of hydrogen-bond acceptors (Lipinski definition) is 4. The number of amides is 1. The second-order valence-corrected chi connectivity index (χ2v) is 5.29. The summed E-state index contributed by atoms with van der Waals surface area (Å²) in [7, 11) is 1.35. The van der Waals surface area contributed by atoms with Gasteiger partial charge in [-0.2, -0.15) is 5.10 Å². The zero-order chi connectivity index (χ0) is 17.8. The maximum absolute atomic E-state index is 14.3. The maximum atomic E-state index is 14.3. The minimum Gasteiger partial charge on any atom is -0.494 e. The lowest BCUT2D eigenvalue weighted by Crippen LogP contribution is -2.15. The highest BCUT2D eigenvalue weighted by atomic mass is 19.1. The molecule has 0 spiro atoms. The molecule has 2 N–H and O–H groups in total. The molecule has 3 aromatic rings. The van der Waals surface area contributed by atoms with Crippen molar-refractivity contribution in [1.29, 1.82) is 0 Å². The highest BCUT2D eigenvalue weighted by molar-refractivity contribution is 6.05. The lowest BCUT2D eigenvalue weighted by atomic mass is 10.1. The standard InChI is InChI=1S/C18H17FN4O2/c1-3-12-16(11-7-9-20-10-8-11)22-23-17(12)21-18(24)13-5-4-6-14(25-2)15(13)19/h4-10H,3H2,1-2H3,(H2,21,22,23,24). The third-order valence-corrected chi connectivity index (χ3v) is 3.85. The molecule has 7 heteroatoms. The Balaban J connectivity index is 1.91. The largest absolute Gasteiger partial charge is 0.494 e. The fourth-order valence-electron chi connectivity index (χ4n) is 2.59. The van der Waals surface area contributed by atoms with Crippen LogP contribution in [0, 0.1) is 5.82 Å². The van der Waals surface area contributed by atoms with Crippen molar-refractivity contribution in [3.63, 3.8) is 0 Å². The maximum Gasteiger partial charge on any atom is 0.259 e. The van der Waals surface area contributed by atoms with Gasteiger partial charge >= 0.3 is 0 Å². The molecule has 0 atom stereocenters. The van der Waals surface area contributed by atoms with Gasteiger partial charge in [-0.3, -0.25) is 14.9 Å². The van der Waals surface area contributed by atoms with Crippen LogP contribution < -0.4 is 10.1 Å². The summed E-state index contributed by atoms with van der Waals surface area (Å²) in [5.41, 5.74) is 2.44. The molecule has 0 saturated heterocycles. The third-order valence-electron chi connectivity index (χ3n) is 3.85. The van der Waals surface area contributed by atoms with Gasteiger partial charge in [0.05, 0.1) is 18.4 Å². The molecular formula is C18H17FN4O2. The molecule has 128 valence electrons. The van der Waals surface area contributed by atoms with E-state index in [2.05, 4.69) is 20.5 Å². The number of pyridine rings is 1. The van der Waals surface area contributed by atoms with Gasteiger partial charge in [-0.15, -0.1) is 0 Å². The normalized spacial score (nSPS) is 10.5. The van der Waals surface area contributed by atoms with Crippen LogP contribution in [-0.4, -0.2) is 28.2 Å². The first-order valence-electron chi connectivity index (χ1n) is 7.77. The summed E-state index contributed by atoms with van der Waals surface area (Å²) >= 11 is 0. The van der Waals surface area contributed by atoms with Gasteiger partial charge in [-0.05, 0) is 30.7 Å². The number of hydrogen-bond donors (Lipinski definition) is 2. The van der Waals surface area contributed by atoms with Crippen LogP contribution in [0.4, 0.5) is 10.2 Å². The Bertz CT molecular complexity index is 893. The Morgan fingerprint density at radius 2 is 2.04 bits per heavy atom. The second kappa shape index (κ2) is 7.12. The number of nitrogens with one attached hydrogen (secondary N) is 2. The predicted octanol–water partition coefficient (Wildman–Crippen LogP) is 3.43. The Morgan fingerprint density at radius 1 is 1.28 bits per heavy atom. The highest BCUT2D eigenvalue weighted by Gasteiger charge is 2.19. The average Bonchev–Trinajstić information content (AvgIpc) is 3.05. The smallest absolute Gasteiger partial charge is 0.259 e. The monoisotopic (exact) mass is 340 g/mol. The Morgan fingerprint density at radius 3 is 2.72 bits per heavy atom. The number of carbonyl (C=O) groups excluding carboxylic acids is 1. The zero-order valence-corrected chi connectivity index (χ0v) is 13.8. The number of aromatic nitrogens is 3. The van der Waals surface area contributed by atoms with Gasteiger partial charge in [0.25, 0.3) is 5.91 Å². The number of benzene rings is 1. The number of nitrogens with zero attached hydrogens (tertiary/aromatic N) is 2. The van der Waals surface area contributed by atoms with E-state index in [9.17, 15) is 9.18 Å². The lowest BCUT2D eigenvalue weighted by Gasteiger charge is -2.08. The lowest BCUT2D eigenvalue weighted by molar-refractivity contribution is 0.102. The number of H-pyrrole nitrogens is 1. The quantitative estimate of drug-likeness (QED) is 0.746. The van der Waals surface area contributed by atoms with Crippen LogP contribution in [0.15, 0.2) is 42.7 Å². The Hall–Kier alpha value is -3.22. The number of ether oxygens (including phenoxy) is 1. The molecule has 0 aliphatic rings. The van der Waals surface area contributed by atoms with Gasteiger partial charge < -0.3 is 10.1 Å². The minimum absolute atomic E-state index is 0.0165. The molecule has 2 aromatic heterocycles. The molecule has 25 heavy (non-hydrogen) atoms. The molecule has 6 nitrogen and oxygen atoms in total. The highest BCUT2D eigenvalue weighted by Crippen LogP contribution is 2.28. The second-order valence-electron chi connectivity index (χ2n) is 5.29. The molecular weight excluding hydrogens is 323 g/mol. The molecule has 0 bridgehead atoms. The van der Waals surface area contributed by atoms with Crippen molar-refractivity contribution in [2.45, 2.75) is 13.3 Å². The molecule has 0 aliphatic carbocycles. The van der Waals surface area contributed by atoms with Gasteiger partial charge in [0.15, 0.2) is 17.4 Å². The van der Waals surface area contributed by atoms with E-state index in [1.165, 1.54) is 19.2 Å². The summed E-state index contributed by atoms with van der Waals surface area (Å²) in [5, 5.41) is 9.76.